The van der Waals surface area contributed by atoms with Crippen LogP contribution in [0.5, 0.6) is 0 Å². The van der Waals surface area contributed by atoms with Crippen molar-refractivity contribution in [2.45, 2.75) is 0 Å². The average molecular weight is 627 g/mol. The van der Waals surface area contributed by atoms with E-state index in [1.54, 1.807) is 0 Å². The van der Waals surface area contributed by atoms with E-state index >= 15 is 0 Å². The van der Waals surface area contributed by atoms with Crippen molar-refractivity contribution in [2.75, 3.05) is 4.90 Å². The van der Waals surface area contributed by atoms with Gasteiger partial charge in [0.2, 0.25) is 0 Å². The highest BCUT2D eigenvalue weighted by atomic mass is 79.9. The summed E-state index contributed by atoms with van der Waals surface area (Å²) in [6, 6.07) is 43.6. The van der Waals surface area contributed by atoms with Gasteiger partial charge in [-0.15, -0.1) is 22.7 Å². The summed E-state index contributed by atoms with van der Waals surface area (Å²) in [5.74, 6) is 0. The number of benzene rings is 6. The molecule has 0 N–H and O–H groups in total. The minimum absolute atomic E-state index is 0.875. The van der Waals surface area contributed by atoms with Gasteiger partial charge in [0.25, 0.3) is 0 Å². The monoisotopic (exact) mass is 625 g/mol. The van der Waals surface area contributed by atoms with E-state index in [-0.39, 0.29) is 0 Å². The highest BCUT2D eigenvalue weighted by Crippen LogP contribution is 2.47. The minimum atomic E-state index is 0.875. The molecule has 0 saturated carbocycles. The van der Waals surface area contributed by atoms with Crippen LogP contribution < -0.4 is 4.90 Å². The van der Waals surface area contributed by atoms with Crippen LogP contribution in [0.1, 0.15) is 0 Å². The first-order chi connectivity index (χ1) is 20.2. The molecule has 0 bridgehead atoms. The van der Waals surface area contributed by atoms with E-state index in [0.717, 1.165) is 43.5 Å². The Balaban J connectivity index is 1.37. The third-order valence-corrected chi connectivity index (χ3v) is 10.7. The molecule has 0 amide bonds. The number of hydrogen-bond acceptors (Lipinski definition) is 4. The SMILES string of the molecule is Brc1cc(N(c2ccc3sc4ccccc4c3c2)c2ccc3sc4ccccc4c3c2)c2oc3ccccc3c2c1. The topological polar surface area (TPSA) is 16.4 Å². The first-order valence-corrected chi connectivity index (χ1v) is 15.9. The Morgan fingerprint density at radius 3 is 1.66 bits per heavy atom. The molecule has 0 aliphatic rings. The summed E-state index contributed by atoms with van der Waals surface area (Å²) >= 11 is 7.52. The molecule has 3 aromatic heterocycles. The van der Waals surface area contributed by atoms with Crippen LogP contribution in [0.2, 0.25) is 0 Å². The fourth-order valence-corrected chi connectivity index (χ4v) is 8.69. The number of halogens is 1. The van der Waals surface area contributed by atoms with E-state index in [2.05, 4.69) is 130 Å². The Morgan fingerprint density at radius 1 is 0.488 bits per heavy atom. The molecule has 194 valence electrons. The van der Waals surface area contributed by atoms with E-state index in [1.165, 1.54) is 40.3 Å². The third kappa shape index (κ3) is 3.60. The van der Waals surface area contributed by atoms with Crippen LogP contribution in [0.3, 0.4) is 0 Å². The molecule has 5 heteroatoms. The number of furan rings is 1. The van der Waals surface area contributed by atoms with Crippen molar-refractivity contribution in [3.05, 3.63) is 126 Å². The molecular formula is C36H20BrNOS2. The van der Waals surface area contributed by atoms with Crippen LogP contribution in [0.25, 0.3) is 62.3 Å². The summed E-state index contributed by atoms with van der Waals surface area (Å²) < 4.78 is 12.8. The Bertz CT molecular complexity index is 2350. The maximum absolute atomic E-state index is 6.59. The van der Waals surface area contributed by atoms with Crippen molar-refractivity contribution in [3.63, 3.8) is 0 Å². The number of fused-ring (bicyclic) bond motifs is 9. The highest BCUT2D eigenvalue weighted by molar-refractivity contribution is 9.10. The van der Waals surface area contributed by atoms with Crippen molar-refractivity contribution in [3.8, 4) is 0 Å². The van der Waals surface area contributed by atoms with E-state index in [0.29, 0.717) is 0 Å². The van der Waals surface area contributed by atoms with Gasteiger partial charge in [0.05, 0.1) is 5.69 Å². The highest BCUT2D eigenvalue weighted by Gasteiger charge is 2.22. The first-order valence-electron chi connectivity index (χ1n) is 13.4. The number of thiophene rings is 2. The number of para-hydroxylation sites is 1. The van der Waals surface area contributed by atoms with Crippen LogP contribution in [0, 0.1) is 0 Å². The maximum Gasteiger partial charge on any atom is 0.159 e. The Kier molecular flexibility index (Phi) is 5.12. The summed E-state index contributed by atoms with van der Waals surface area (Å²) in [6.45, 7) is 0. The van der Waals surface area contributed by atoms with Crippen molar-refractivity contribution < 1.29 is 4.42 Å². The lowest BCUT2D eigenvalue weighted by Gasteiger charge is -2.26. The lowest BCUT2D eigenvalue weighted by molar-refractivity contribution is 0.669. The van der Waals surface area contributed by atoms with E-state index in [1.807, 2.05) is 34.8 Å². The second-order valence-corrected chi connectivity index (χ2v) is 13.4. The maximum atomic E-state index is 6.59. The van der Waals surface area contributed by atoms with Gasteiger partial charge in [0.15, 0.2) is 5.58 Å². The minimum Gasteiger partial charge on any atom is -0.454 e. The Labute approximate surface area is 251 Å². The van der Waals surface area contributed by atoms with E-state index in [9.17, 15) is 0 Å². The normalized spacial score (nSPS) is 12.0. The number of rotatable bonds is 3. The van der Waals surface area contributed by atoms with Crippen molar-refractivity contribution in [2.24, 2.45) is 0 Å². The van der Waals surface area contributed by atoms with Crippen molar-refractivity contribution in [1.29, 1.82) is 0 Å². The lowest BCUT2D eigenvalue weighted by atomic mass is 10.1. The molecule has 0 fully saturated rings. The van der Waals surface area contributed by atoms with Gasteiger partial charge >= 0.3 is 0 Å². The molecular weight excluding hydrogens is 606 g/mol. The molecule has 0 unspecified atom stereocenters. The standard InChI is InChI=1S/C36H20BrNOS2/c37-21-17-29-24-7-1-4-10-31(24)39-36(29)30(18-21)38(22-13-15-34-27(19-22)25-8-2-5-11-32(25)40-34)23-14-16-35-28(20-23)26-9-3-6-12-33(26)41-35/h1-20H. The summed E-state index contributed by atoms with van der Waals surface area (Å²) in [7, 11) is 0. The lowest BCUT2D eigenvalue weighted by Crippen LogP contribution is -2.10. The van der Waals surface area contributed by atoms with Crippen LogP contribution in [0.4, 0.5) is 17.1 Å². The Hall–Kier alpha value is -4.16. The van der Waals surface area contributed by atoms with Crippen LogP contribution >= 0.6 is 38.6 Å². The predicted octanol–water partition coefficient (Wildman–Crippen LogP) is 12.6. The zero-order chi connectivity index (χ0) is 27.1. The molecule has 3 heterocycles. The summed E-state index contributed by atoms with van der Waals surface area (Å²) in [6.07, 6.45) is 0. The van der Waals surface area contributed by atoms with Gasteiger partial charge in [0.1, 0.15) is 5.58 Å². The third-order valence-electron chi connectivity index (χ3n) is 7.90. The number of hydrogen-bond donors (Lipinski definition) is 0. The van der Waals surface area contributed by atoms with Gasteiger partial charge in [-0.05, 0) is 66.7 Å². The number of nitrogens with zero attached hydrogens (tertiary/aromatic N) is 1. The predicted molar refractivity (Wildman–Crippen MR) is 182 cm³/mol. The molecule has 0 aliphatic carbocycles. The van der Waals surface area contributed by atoms with Crippen molar-refractivity contribution in [1.82, 2.24) is 0 Å². The molecule has 41 heavy (non-hydrogen) atoms. The fourth-order valence-electron chi connectivity index (χ4n) is 6.07. The van der Waals surface area contributed by atoms with Gasteiger partial charge in [-0.2, -0.15) is 0 Å². The zero-order valence-electron chi connectivity index (χ0n) is 21.6. The average Bonchev–Trinajstić information content (AvgIpc) is 3.68. The summed E-state index contributed by atoms with van der Waals surface area (Å²) in [5, 5.41) is 7.33. The van der Waals surface area contributed by atoms with Gasteiger partial charge in [-0.25, -0.2) is 0 Å². The van der Waals surface area contributed by atoms with E-state index < -0.39 is 0 Å². The van der Waals surface area contributed by atoms with Crippen LogP contribution in [-0.4, -0.2) is 0 Å². The zero-order valence-corrected chi connectivity index (χ0v) is 24.8. The molecule has 6 aromatic carbocycles. The molecule has 0 aliphatic heterocycles. The smallest absolute Gasteiger partial charge is 0.159 e. The number of anilines is 3. The molecule has 2 nitrogen and oxygen atoms in total. The summed E-state index contributed by atoms with van der Waals surface area (Å²) in [5.41, 5.74) is 4.96. The van der Waals surface area contributed by atoms with Crippen LogP contribution in [-0.2, 0) is 0 Å². The molecule has 0 spiro atoms. The summed E-state index contributed by atoms with van der Waals surface area (Å²) in [4.78, 5) is 2.35. The van der Waals surface area contributed by atoms with Gasteiger partial charge in [0, 0.05) is 67.0 Å². The molecule has 9 rings (SSSR count). The van der Waals surface area contributed by atoms with Crippen molar-refractivity contribution >= 4 is 118 Å². The Morgan fingerprint density at radius 2 is 1.02 bits per heavy atom. The molecule has 0 saturated heterocycles. The molecule has 0 atom stereocenters. The van der Waals surface area contributed by atoms with Crippen LogP contribution in [0.15, 0.2) is 130 Å². The van der Waals surface area contributed by atoms with Gasteiger partial charge < -0.3 is 9.32 Å². The largest absolute Gasteiger partial charge is 0.454 e. The van der Waals surface area contributed by atoms with Gasteiger partial charge in [-0.1, -0.05) is 70.5 Å². The van der Waals surface area contributed by atoms with Gasteiger partial charge in [-0.3, -0.25) is 0 Å². The molecule has 0 radical (unpaired) electrons. The van der Waals surface area contributed by atoms with E-state index in [4.69, 9.17) is 4.42 Å². The first kappa shape index (κ1) is 23.5. The fraction of sp³-hybridized carbons (Fsp3) is 0. The molecule has 9 aromatic rings. The quantitative estimate of drug-likeness (QED) is 0.194. The second kappa shape index (κ2) is 8.92. The second-order valence-electron chi connectivity index (χ2n) is 10.3.